The van der Waals surface area contributed by atoms with Crippen molar-refractivity contribution in [2.24, 2.45) is 0 Å². The summed E-state index contributed by atoms with van der Waals surface area (Å²) in [5.41, 5.74) is 0.710. The van der Waals surface area contributed by atoms with E-state index in [0.717, 1.165) is 4.90 Å². The van der Waals surface area contributed by atoms with E-state index in [2.05, 4.69) is 20.3 Å². The third-order valence-electron chi connectivity index (χ3n) is 5.49. The molecule has 0 unspecified atom stereocenters. The number of ether oxygens (including phenoxy) is 1. The fraction of sp³-hybridized carbons (Fsp3) is 0.350. The molecule has 12 heteroatoms. The van der Waals surface area contributed by atoms with Gasteiger partial charge in [0.2, 0.25) is 5.91 Å². The van der Waals surface area contributed by atoms with Gasteiger partial charge in [-0.15, -0.1) is 0 Å². The normalized spacial score (nSPS) is 25.1. The Labute approximate surface area is 182 Å². The van der Waals surface area contributed by atoms with Gasteiger partial charge in [-0.05, 0) is 12.1 Å². The molecule has 0 aliphatic carbocycles. The van der Waals surface area contributed by atoms with Crippen molar-refractivity contribution in [2.75, 3.05) is 19.0 Å². The number of nitrogens with one attached hydrogen (secondary N) is 1. The number of hydrogen-bond acceptors (Lipinski definition) is 9. The maximum absolute atomic E-state index is 12.6. The highest BCUT2D eigenvalue weighted by molar-refractivity contribution is 6.06. The monoisotopic (exact) mass is 442 g/mol. The highest BCUT2D eigenvalue weighted by atomic mass is 16.6. The molecule has 168 valence electrons. The number of aromatic nitrogens is 4. The van der Waals surface area contributed by atoms with Crippen molar-refractivity contribution in [1.29, 1.82) is 0 Å². The van der Waals surface area contributed by atoms with Crippen LogP contribution in [0.2, 0.25) is 0 Å². The minimum absolute atomic E-state index is 0.106. The van der Waals surface area contributed by atoms with Gasteiger partial charge in [0.05, 0.1) is 6.61 Å². The molecular weight excluding hydrogens is 420 g/mol. The van der Waals surface area contributed by atoms with Crippen molar-refractivity contribution in [3.8, 4) is 0 Å². The zero-order valence-corrected chi connectivity index (χ0v) is 17.3. The maximum atomic E-state index is 12.6. The number of likely N-dealkylation sites (N-methyl/N-ethyl adjacent to an activating group) is 1. The zero-order chi connectivity index (χ0) is 23.0. The molecule has 1 aliphatic rings. The summed E-state index contributed by atoms with van der Waals surface area (Å²) >= 11 is 0. The molecule has 3 heterocycles. The second kappa shape index (κ2) is 8.24. The van der Waals surface area contributed by atoms with Gasteiger partial charge < -0.3 is 25.4 Å². The number of carbonyl (C=O) groups excluding carboxylic acids is 2. The molecule has 2 aromatic heterocycles. The highest BCUT2D eigenvalue weighted by Gasteiger charge is 2.59. The number of aliphatic hydroxyl groups is 3. The molecule has 4 rings (SSSR count). The van der Waals surface area contributed by atoms with E-state index in [9.17, 15) is 24.9 Å². The summed E-state index contributed by atoms with van der Waals surface area (Å²) in [6.07, 6.45) is -1.85. The van der Waals surface area contributed by atoms with Gasteiger partial charge in [0.15, 0.2) is 23.1 Å². The lowest BCUT2D eigenvalue weighted by atomic mass is 10.1. The van der Waals surface area contributed by atoms with Crippen LogP contribution >= 0.6 is 0 Å². The van der Waals surface area contributed by atoms with Gasteiger partial charge in [-0.3, -0.25) is 19.1 Å². The molecule has 12 nitrogen and oxygen atoms in total. The molecule has 0 spiro atoms. The Hall–Kier alpha value is -3.45. The van der Waals surface area contributed by atoms with Crippen LogP contribution in [0.1, 0.15) is 17.3 Å². The standard InChI is InChI=1S/C20H22N6O6/c1-11(28)25(2)20(16(30)15(29)13(8-27)32-20)26-10-23-14-17(21-9-22-18(14)26)24-19(31)12-6-4-3-5-7-12/h3-7,9-10,13,15-16,27,29-30H,8H2,1-2H3,(H,21,22,24,31)/t13-,15-,16-,20+/m1/s1. The largest absolute Gasteiger partial charge is 0.394 e. The fourth-order valence-corrected chi connectivity index (χ4v) is 3.73. The minimum atomic E-state index is -1.94. The van der Waals surface area contributed by atoms with Crippen LogP contribution in [0.3, 0.4) is 0 Å². The zero-order valence-electron chi connectivity index (χ0n) is 17.3. The summed E-state index contributed by atoms with van der Waals surface area (Å²) in [6.45, 7) is 0.668. The minimum Gasteiger partial charge on any atom is -0.394 e. The van der Waals surface area contributed by atoms with E-state index in [1.54, 1.807) is 30.3 Å². The van der Waals surface area contributed by atoms with Gasteiger partial charge in [-0.25, -0.2) is 15.0 Å². The van der Waals surface area contributed by atoms with E-state index >= 15 is 0 Å². The van der Waals surface area contributed by atoms with Crippen LogP contribution in [-0.2, 0) is 15.4 Å². The van der Waals surface area contributed by atoms with Crippen LogP contribution in [0.4, 0.5) is 5.82 Å². The van der Waals surface area contributed by atoms with E-state index in [-0.39, 0.29) is 17.0 Å². The number of imidazole rings is 1. The first-order chi connectivity index (χ1) is 15.3. The van der Waals surface area contributed by atoms with Crippen LogP contribution < -0.4 is 5.32 Å². The van der Waals surface area contributed by atoms with E-state index in [0.29, 0.717) is 5.56 Å². The fourth-order valence-electron chi connectivity index (χ4n) is 3.73. The number of anilines is 1. The molecule has 32 heavy (non-hydrogen) atoms. The Morgan fingerprint density at radius 3 is 2.56 bits per heavy atom. The number of carbonyl (C=O) groups is 2. The molecule has 3 aromatic rings. The van der Waals surface area contributed by atoms with Crippen molar-refractivity contribution in [3.05, 3.63) is 48.5 Å². The first kappa shape index (κ1) is 21.8. The first-order valence-corrected chi connectivity index (χ1v) is 9.75. The van der Waals surface area contributed by atoms with E-state index < -0.39 is 42.6 Å². The summed E-state index contributed by atoms with van der Waals surface area (Å²) in [7, 11) is 1.38. The Bertz CT molecular complexity index is 1150. The first-order valence-electron chi connectivity index (χ1n) is 9.75. The second-order valence-corrected chi connectivity index (χ2v) is 7.34. The smallest absolute Gasteiger partial charge is 0.260 e. The number of aliphatic hydroxyl groups excluding tert-OH is 3. The summed E-state index contributed by atoms with van der Waals surface area (Å²) in [5, 5.41) is 33.5. The number of benzene rings is 1. The molecule has 1 fully saturated rings. The van der Waals surface area contributed by atoms with Crippen molar-refractivity contribution >= 4 is 28.8 Å². The Morgan fingerprint density at radius 2 is 1.94 bits per heavy atom. The highest BCUT2D eigenvalue weighted by Crippen LogP contribution is 2.40. The average Bonchev–Trinajstić information content (AvgIpc) is 3.34. The van der Waals surface area contributed by atoms with E-state index in [1.165, 1.54) is 31.2 Å². The molecule has 1 saturated heterocycles. The predicted molar refractivity (Wildman–Crippen MR) is 110 cm³/mol. The van der Waals surface area contributed by atoms with Gasteiger partial charge in [0.1, 0.15) is 24.9 Å². The van der Waals surface area contributed by atoms with E-state index in [1.807, 2.05) is 0 Å². The lowest BCUT2D eigenvalue weighted by Crippen LogP contribution is -2.58. The lowest BCUT2D eigenvalue weighted by Gasteiger charge is -2.40. The SMILES string of the molecule is CC(=O)N(C)[C@@]1(n2cnc3c(NC(=O)c4ccccc4)ncnc32)O[C@H](CO)[C@@H](O)[C@H]1O. The Kier molecular flexibility index (Phi) is 5.60. The van der Waals surface area contributed by atoms with E-state index in [4.69, 9.17) is 4.74 Å². The van der Waals surface area contributed by atoms with Crippen LogP contribution in [0, 0.1) is 0 Å². The van der Waals surface area contributed by atoms with Gasteiger partial charge in [-0.1, -0.05) is 18.2 Å². The lowest BCUT2D eigenvalue weighted by molar-refractivity contribution is -0.231. The van der Waals surface area contributed by atoms with Crippen molar-refractivity contribution < 1.29 is 29.6 Å². The molecular formula is C20H22N6O6. The molecule has 4 atom stereocenters. The van der Waals surface area contributed by atoms with Gasteiger partial charge >= 0.3 is 0 Å². The van der Waals surface area contributed by atoms with Gasteiger partial charge in [0.25, 0.3) is 11.8 Å². The summed E-state index contributed by atoms with van der Waals surface area (Å²) in [4.78, 5) is 38.4. The summed E-state index contributed by atoms with van der Waals surface area (Å²) < 4.78 is 7.09. The summed E-state index contributed by atoms with van der Waals surface area (Å²) in [6, 6.07) is 8.52. The number of hydrogen-bond donors (Lipinski definition) is 4. The van der Waals surface area contributed by atoms with Crippen molar-refractivity contribution in [1.82, 2.24) is 24.4 Å². The van der Waals surface area contributed by atoms with Gasteiger partial charge in [-0.2, -0.15) is 0 Å². The second-order valence-electron chi connectivity index (χ2n) is 7.34. The summed E-state index contributed by atoms with van der Waals surface area (Å²) in [5.74, 6) is -2.73. The molecule has 1 aromatic carbocycles. The third kappa shape index (κ3) is 3.29. The molecule has 0 radical (unpaired) electrons. The molecule has 2 amide bonds. The quantitative estimate of drug-likeness (QED) is 0.399. The van der Waals surface area contributed by atoms with Crippen molar-refractivity contribution in [3.63, 3.8) is 0 Å². The number of rotatable bonds is 5. The molecule has 0 saturated carbocycles. The third-order valence-corrected chi connectivity index (χ3v) is 5.49. The molecule has 1 aliphatic heterocycles. The van der Waals surface area contributed by atoms with Crippen LogP contribution in [0.15, 0.2) is 43.0 Å². The number of fused-ring (bicyclic) bond motifs is 1. The van der Waals surface area contributed by atoms with Crippen LogP contribution in [-0.4, -0.2) is 83.5 Å². The van der Waals surface area contributed by atoms with Gasteiger partial charge in [0, 0.05) is 19.5 Å². The molecule has 0 bridgehead atoms. The average molecular weight is 442 g/mol. The van der Waals surface area contributed by atoms with Crippen LogP contribution in [0.5, 0.6) is 0 Å². The number of amides is 2. The topological polar surface area (TPSA) is 163 Å². The maximum Gasteiger partial charge on any atom is 0.260 e. The Morgan fingerprint density at radius 1 is 1.22 bits per heavy atom. The predicted octanol–water partition coefficient (Wildman–Crippen LogP) is -0.720. The Balaban J connectivity index is 1.81. The molecule has 4 N–H and O–H groups in total. The number of nitrogens with zero attached hydrogens (tertiary/aromatic N) is 5. The van der Waals surface area contributed by atoms with Crippen molar-refractivity contribution in [2.45, 2.75) is 31.1 Å². The van der Waals surface area contributed by atoms with Crippen LogP contribution in [0.25, 0.3) is 11.2 Å².